The summed E-state index contributed by atoms with van der Waals surface area (Å²) in [5.74, 6) is 1.31. The highest BCUT2D eigenvalue weighted by Crippen LogP contribution is 2.34. The fourth-order valence-electron chi connectivity index (χ4n) is 7.77. The van der Waals surface area contributed by atoms with Crippen molar-refractivity contribution < 1.29 is 19.7 Å². The van der Waals surface area contributed by atoms with Gasteiger partial charge in [0.2, 0.25) is 0 Å². The molecule has 278 valence electrons. The molecule has 0 bridgehead atoms. The first kappa shape index (κ1) is 36.0. The lowest BCUT2D eigenvalue weighted by Gasteiger charge is -2.45. The summed E-state index contributed by atoms with van der Waals surface area (Å²) < 4.78 is 13.0. The quantitative estimate of drug-likeness (QED) is 0.116. The second kappa shape index (κ2) is 16.6. The average Bonchev–Trinajstić information content (AvgIpc) is 3.75. The zero-order valence-corrected chi connectivity index (χ0v) is 30.4. The van der Waals surface area contributed by atoms with Gasteiger partial charge >= 0.3 is 0 Å². The lowest BCUT2D eigenvalue weighted by Crippen LogP contribution is -2.59. The summed E-state index contributed by atoms with van der Waals surface area (Å²) in [6.07, 6.45) is -1.68. The molecule has 4 N–H and O–H groups in total. The van der Waals surface area contributed by atoms with E-state index >= 15 is 0 Å². The molecule has 54 heavy (non-hydrogen) atoms. The molecule has 4 aromatic carbocycles. The van der Waals surface area contributed by atoms with E-state index in [1.165, 1.54) is 29.4 Å². The predicted molar refractivity (Wildman–Crippen MR) is 208 cm³/mol. The minimum absolute atomic E-state index is 0.0618. The van der Waals surface area contributed by atoms with Gasteiger partial charge < -0.3 is 30.3 Å². The summed E-state index contributed by atoms with van der Waals surface area (Å²) in [6.45, 7) is 3.26. The van der Waals surface area contributed by atoms with Gasteiger partial charge in [0.05, 0.1) is 19.0 Å². The van der Waals surface area contributed by atoms with Crippen molar-refractivity contribution in [2.45, 2.75) is 49.0 Å². The smallest absolute Gasteiger partial charge is 0.167 e. The Hall–Kier alpha value is -5.01. The molecule has 0 amide bonds. The third-order valence-corrected chi connectivity index (χ3v) is 10.6. The number of ether oxygens (including phenoxy) is 2. The summed E-state index contributed by atoms with van der Waals surface area (Å²) in [5, 5.41) is 29.1. The molecular weight excluding hydrogens is 679 g/mol. The number of nitrogens with zero attached hydrogens (tertiary/aromatic N) is 5. The maximum atomic E-state index is 11.0. The largest absolute Gasteiger partial charge is 0.387 e. The lowest BCUT2D eigenvalue weighted by atomic mass is 9.91. The minimum atomic E-state index is -1.18. The maximum Gasteiger partial charge on any atom is 0.167 e. The van der Waals surface area contributed by atoms with Crippen LogP contribution in [0.5, 0.6) is 0 Å². The number of aromatic nitrogens is 4. The highest BCUT2D eigenvalue weighted by atomic mass is 16.6. The number of hydrogen-bond donors (Lipinski definition) is 4. The van der Waals surface area contributed by atoms with E-state index in [0.717, 1.165) is 13.1 Å². The van der Waals surface area contributed by atoms with Crippen molar-refractivity contribution in [2.75, 3.05) is 45.2 Å². The van der Waals surface area contributed by atoms with Crippen LogP contribution < -0.4 is 10.6 Å². The summed E-state index contributed by atoms with van der Waals surface area (Å²) in [6, 6.07) is 42.8. The highest BCUT2D eigenvalue weighted by molar-refractivity contribution is 5.83. The number of nitrogens with one attached hydrogen (secondary N) is 2. The Bertz CT molecular complexity index is 2000. The Balaban J connectivity index is 1.02. The van der Waals surface area contributed by atoms with Crippen LogP contribution in [-0.4, -0.2) is 98.9 Å². The third-order valence-electron chi connectivity index (χ3n) is 10.6. The van der Waals surface area contributed by atoms with Crippen molar-refractivity contribution in [1.82, 2.24) is 29.7 Å². The van der Waals surface area contributed by atoms with Gasteiger partial charge in [0.1, 0.15) is 24.1 Å². The lowest BCUT2D eigenvalue weighted by molar-refractivity contribution is -0.0580. The van der Waals surface area contributed by atoms with Gasteiger partial charge in [-0.05, 0) is 22.3 Å². The van der Waals surface area contributed by atoms with Crippen LogP contribution in [0.15, 0.2) is 128 Å². The van der Waals surface area contributed by atoms with E-state index in [1.807, 2.05) is 12.1 Å². The molecule has 4 heterocycles. The van der Waals surface area contributed by atoms with E-state index in [1.54, 1.807) is 10.9 Å². The molecule has 2 saturated heterocycles. The van der Waals surface area contributed by atoms with E-state index in [4.69, 9.17) is 24.4 Å². The standard InChI is InChI=1S/C43H47N7O4/c1-53-27-35-39(51)40(52)43(54-35)50-28-46-37-41(45-24-34(29-14-6-2-7-15-29)30-16-8-3-9-17-30)47-36(48-42(37)50)22-23-44-33-25-49(26-33)38(31-18-10-4-11-19-31)32-20-12-5-13-21-32/h2-21,28,33-35,38-40,43-44,51-52H,22-27H2,1H3,(H,45,47,48)/t35-,39-,40-,43-/m1/s1. The summed E-state index contributed by atoms with van der Waals surface area (Å²) in [7, 11) is 1.54. The predicted octanol–water partition coefficient (Wildman–Crippen LogP) is 4.94. The van der Waals surface area contributed by atoms with Gasteiger partial charge in [0.15, 0.2) is 23.2 Å². The number of rotatable bonds is 15. The second-order valence-electron chi connectivity index (χ2n) is 14.1. The highest BCUT2D eigenvalue weighted by Gasteiger charge is 2.44. The number of hydrogen-bond acceptors (Lipinski definition) is 10. The molecule has 2 aromatic heterocycles. The number of anilines is 1. The van der Waals surface area contributed by atoms with Crippen LogP contribution in [0.3, 0.4) is 0 Å². The number of methoxy groups -OCH3 is 1. The van der Waals surface area contributed by atoms with Crippen molar-refractivity contribution in [3.8, 4) is 0 Å². The normalized spacial score (nSPS) is 20.5. The van der Waals surface area contributed by atoms with Crippen molar-refractivity contribution in [2.24, 2.45) is 0 Å². The van der Waals surface area contributed by atoms with Crippen molar-refractivity contribution >= 4 is 17.0 Å². The van der Waals surface area contributed by atoms with E-state index < -0.39 is 24.5 Å². The van der Waals surface area contributed by atoms with Gasteiger partial charge in [-0.15, -0.1) is 0 Å². The molecule has 0 radical (unpaired) electrons. The van der Waals surface area contributed by atoms with E-state index in [-0.39, 0.29) is 18.6 Å². The summed E-state index contributed by atoms with van der Waals surface area (Å²) in [4.78, 5) is 17.2. The summed E-state index contributed by atoms with van der Waals surface area (Å²) >= 11 is 0. The molecule has 11 nitrogen and oxygen atoms in total. The van der Waals surface area contributed by atoms with Gasteiger partial charge in [-0.1, -0.05) is 121 Å². The number of benzene rings is 4. The molecule has 2 aliphatic heterocycles. The van der Waals surface area contributed by atoms with Crippen molar-refractivity contribution in [3.63, 3.8) is 0 Å². The van der Waals surface area contributed by atoms with E-state index in [0.29, 0.717) is 48.4 Å². The number of fused-ring (bicyclic) bond motifs is 1. The van der Waals surface area contributed by atoms with Gasteiger partial charge in [0.25, 0.3) is 0 Å². The second-order valence-corrected chi connectivity index (χ2v) is 14.1. The number of aliphatic hydroxyl groups is 2. The van der Waals surface area contributed by atoms with Gasteiger partial charge in [0, 0.05) is 51.7 Å². The van der Waals surface area contributed by atoms with E-state index in [2.05, 4.69) is 125 Å². The average molecular weight is 726 g/mol. The fraction of sp³-hybridized carbons (Fsp3) is 0.326. The molecule has 11 heteroatoms. The Labute approximate surface area is 315 Å². The van der Waals surface area contributed by atoms with Crippen molar-refractivity contribution in [1.29, 1.82) is 0 Å². The first-order chi connectivity index (χ1) is 26.6. The zero-order valence-electron chi connectivity index (χ0n) is 30.4. The number of likely N-dealkylation sites (tertiary alicyclic amines) is 1. The Morgan fingerprint density at radius 1 is 0.778 bits per heavy atom. The Kier molecular flexibility index (Phi) is 11.0. The molecule has 0 unspecified atom stereocenters. The minimum Gasteiger partial charge on any atom is -0.387 e. The molecule has 6 aromatic rings. The monoisotopic (exact) mass is 725 g/mol. The van der Waals surface area contributed by atoms with Crippen LogP contribution in [0, 0.1) is 0 Å². The van der Waals surface area contributed by atoms with Gasteiger partial charge in [-0.2, -0.15) is 0 Å². The van der Waals surface area contributed by atoms with Gasteiger partial charge in [-0.3, -0.25) is 9.47 Å². The molecule has 2 fully saturated rings. The molecule has 2 aliphatic rings. The van der Waals surface area contributed by atoms with Crippen LogP contribution >= 0.6 is 0 Å². The van der Waals surface area contributed by atoms with Crippen LogP contribution in [-0.2, 0) is 15.9 Å². The topological polar surface area (TPSA) is 130 Å². The Morgan fingerprint density at radius 3 is 1.93 bits per heavy atom. The SMILES string of the molecule is COC[C@H]1O[C@@H](n2cnc3c(NCC(c4ccccc4)c4ccccc4)nc(CCNC4CN(C(c5ccccc5)c5ccccc5)C4)nc32)[C@H](O)[C@@H]1O. The Morgan fingerprint density at radius 2 is 1.35 bits per heavy atom. The van der Waals surface area contributed by atoms with Crippen LogP contribution in [0.25, 0.3) is 11.2 Å². The molecule has 0 spiro atoms. The fourth-order valence-corrected chi connectivity index (χ4v) is 7.77. The molecule has 0 aliphatic carbocycles. The van der Waals surface area contributed by atoms with Crippen LogP contribution in [0.4, 0.5) is 5.82 Å². The molecule has 8 rings (SSSR count). The van der Waals surface area contributed by atoms with Gasteiger partial charge in [-0.25, -0.2) is 15.0 Å². The summed E-state index contributed by atoms with van der Waals surface area (Å²) in [5.41, 5.74) is 6.05. The van der Waals surface area contributed by atoms with E-state index in [9.17, 15) is 10.2 Å². The molecule has 0 saturated carbocycles. The molecular formula is C43H47N7O4. The van der Waals surface area contributed by atoms with Crippen LogP contribution in [0.1, 0.15) is 46.3 Å². The zero-order chi connectivity index (χ0) is 36.9. The first-order valence-corrected chi connectivity index (χ1v) is 18.7. The maximum absolute atomic E-state index is 11.0. The number of aliphatic hydroxyl groups excluding tert-OH is 2. The number of imidazole rings is 1. The third kappa shape index (κ3) is 7.65. The van der Waals surface area contributed by atoms with Crippen molar-refractivity contribution in [3.05, 3.63) is 156 Å². The van der Waals surface area contributed by atoms with Crippen LogP contribution in [0.2, 0.25) is 0 Å². The first-order valence-electron chi connectivity index (χ1n) is 18.7. The molecule has 4 atom stereocenters.